The lowest BCUT2D eigenvalue weighted by molar-refractivity contribution is -0.123. The summed E-state index contributed by atoms with van der Waals surface area (Å²) in [7, 11) is 0. The fraction of sp³-hybridized carbons (Fsp3) is 0.222. The third-order valence-electron chi connectivity index (χ3n) is 3.98. The zero-order valence-electron chi connectivity index (χ0n) is 12.1. The van der Waals surface area contributed by atoms with Crippen LogP contribution >= 0.6 is 0 Å². The number of nitrogens with one attached hydrogen (secondary N) is 1. The van der Waals surface area contributed by atoms with Crippen LogP contribution in [-0.4, -0.2) is 17.7 Å². The zero-order valence-corrected chi connectivity index (χ0v) is 12.1. The van der Waals surface area contributed by atoms with Crippen LogP contribution in [0.3, 0.4) is 0 Å². The van der Waals surface area contributed by atoms with E-state index in [1.165, 1.54) is 0 Å². The van der Waals surface area contributed by atoms with E-state index in [4.69, 9.17) is 5.73 Å². The molecule has 111 valence electrons. The highest BCUT2D eigenvalue weighted by molar-refractivity contribution is 5.90. The van der Waals surface area contributed by atoms with Gasteiger partial charge >= 0.3 is 0 Å². The van der Waals surface area contributed by atoms with E-state index in [1.807, 2.05) is 42.5 Å². The predicted molar refractivity (Wildman–Crippen MR) is 83.0 cm³/mol. The van der Waals surface area contributed by atoms with Crippen molar-refractivity contribution in [1.82, 2.24) is 5.32 Å². The van der Waals surface area contributed by atoms with E-state index in [0.29, 0.717) is 12.8 Å². The summed E-state index contributed by atoms with van der Waals surface area (Å²) in [5.74, 6) is -0.406. The molecule has 3 rings (SSSR count). The first-order valence-corrected chi connectivity index (χ1v) is 7.26. The van der Waals surface area contributed by atoms with E-state index >= 15 is 0 Å². The second-order valence-corrected chi connectivity index (χ2v) is 5.51. The molecule has 0 fully saturated rings. The maximum Gasteiger partial charge on any atom is 0.234 e. The highest BCUT2D eigenvalue weighted by atomic mass is 16.1. The Bertz CT molecular complexity index is 697. The molecule has 1 heterocycles. The van der Waals surface area contributed by atoms with Crippen molar-refractivity contribution in [3.05, 3.63) is 71.3 Å². The Morgan fingerprint density at radius 2 is 2.00 bits per heavy atom. The van der Waals surface area contributed by atoms with Crippen LogP contribution < -0.4 is 11.1 Å². The average Bonchev–Trinajstić information content (AvgIpc) is 2.54. The fourth-order valence-corrected chi connectivity index (χ4v) is 2.85. The van der Waals surface area contributed by atoms with Crippen molar-refractivity contribution in [3.8, 4) is 0 Å². The number of rotatable bonds is 4. The monoisotopic (exact) mass is 293 g/mol. The lowest BCUT2D eigenvalue weighted by atomic mass is 9.86. The Morgan fingerprint density at radius 1 is 1.23 bits per heavy atom. The first-order chi connectivity index (χ1) is 10.6. The molecule has 0 aliphatic carbocycles. The number of hydrogen-bond acceptors (Lipinski definition) is 3. The van der Waals surface area contributed by atoms with Crippen LogP contribution in [-0.2, 0) is 22.4 Å². The minimum absolute atomic E-state index is 0.0320. The SMILES string of the molecule is NC(=O)C1Cc2c[c]ccc2C(C(=O)Cc2ccccc2)N1. The molecule has 4 heteroatoms. The summed E-state index contributed by atoms with van der Waals surface area (Å²) in [6.45, 7) is 0. The number of hydrogen-bond donors (Lipinski definition) is 2. The topological polar surface area (TPSA) is 72.2 Å². The van der Waals surface area contributed by atoms with Gasteiger partial charge in [0.2, 0.25) is 5.91 Å². The highest BCUT2D eigenvalue weighted by Crippen LogP contribution is 2.26. The zero-order chi connectivity index (χ0) is 15.5. The number of primary amides is 1. The van der Waals surface area contributed by atoms with Crippen molar-refractivity contribution in [2.24, 2.45) is 5.73 Å². The van der Waals surface area contributed by atoms with Gasteiger partial charge < -0.3 is 5.73 Å². The molecule has 0 bridgehead atoms. The number of Topliss-reactive ketones (excluding diaryl/α,β-unsaturated/α-hetero) is 1. The third-order valence-corrected chi connectivity index (χ3v) is 3.98. The first-order valence-electron chi connectivity index (χ1n) is 7.26. The second-order valence-electron chi connectivity index (χ2n) is 5.51. The second kappa shape index (κ2) is 6.12. The van der Waals surface area contributed by atoms with E-state index in [1.54, 1.807) is 6.07 Å². The molecule has 1 aliphatic heterocycles. The van der Waals surface area contributed by atoms with E-state index in [0.717, 1.165) is 16.7 Å². The summed E-state index contributed by atoms with van der Waals surface area (Å²) < 4.78 is 0. The van der Waals surface area contributed by atoms with Gasteiger partial charge in [-0.1, -0.05) is 48.5 Å². The van der Waals surface area contributed by atoms with Gasteiger partial charge in [-0.25, -0.2) is 0 Å². The third kappa shape index (κ3) is 2.92. The van der Waals surface area contributed by atoms with Gasteiger partial charge in [-0.05, 0) is 29.2 Å². The van der Waals surface area contributed by atoms with Gasteiger partial charge in [-0.3, -0.25) is 14.9 Å². The quantitative estimate of drug-likeness (QED) is 0.893. The number of benzene rings is 2. The van der Waals surface area contributed by atoms with Crippen molar-refractivity contribution in [3.63, 3.8) is 0 Å². The molecule has 0 saturated carbocycles. The maximum atomic E-state index is 12.7. The summed E-state index contributed by atoms with van der Waals surface area (Å²) in [5, 5.41) is 3.09. The summed E-state index contributed by atoms with van der Waals surface area (Å²) in [4.78, 5) is 24.2. The summed E-state index contributed by atoms with van der Waals surface area (Å²) in [5.41, 5.74) is 8.24. The minimum Gasteiger partial charge on any atom is -0.368 e. The molecule has 2 atom stereocenters. The molecule has 0 saturated heterocycles. The number of carbonyl (C=O) groups is 2. The van der Waals surface area contributed by atoms with Crippen LogP contribution in [0.25, 0.3) is 0 Å². The molecule has 2 aromatic rings. The standard InChI is InChI=1S/C18H17N2O2/c19-18(22)15-11-13-8-4-5-9-14(13)17(20-15)16(21)10-12-6-2-1-3-7-12/h1-3,5-9,15,17,20H,10-11H2,(H2,19,22). The maximum absolute atomic E-state index is 12.7. The van der Waals surface area contributed by atoms with Crippen LogP contribution in [0.15, 0.2) is 48.5 Å². The van der Waals surface area contributed by atoms with E-state index < -0.39 is 18.0 Å². The predicted octanol–water partition coefficient (Wildman–Crippen LogP) is 1.34. The Kier molecular flexibility index (Phi) is 4.02. The Morgan fingerprint density at radius 3 is 2.73 bits per heavy atom. The Balaban J connectivity index is 1.88. The van der Waals surface area contributed by atoms with Gasteiger partial charge in [0, 0.05) is 6.42 Å². The average molecular weight is 293 g/mol. The van der Waals surface area contributed by atoms with Crippen molar-refractivity contribution >= 4 is 11.7 Å². The molecule has 2 aromatic carbocycles. The van der Waals surface area contributed by atoms with Crippen LogP contribution in [0.1, 0.15) is 22.7 Å². The molecule has 4 nitrogen and oxygen atoms in total. The molecular formula is C18H17N2O2. The number of nitrogens with two attached hydrogens (primary N) is 1. The number of ketones is 1. The van der Waals surface area contributed by atoms with Crippen LogP contribution in [0.5, 0.6) is 0 Å². The molecule has 0 aromatic heterocycles. The Hall–Kier alpha value is -2.46. The van der Waals surface area contributed by atoms with Gasteiger partial charge in [0.1, 0.15) is 0 Å². The molecule has 3 N–H and O–H groups in total. The van der Waals surface area contributed by atoms with Crippen molar-refractivity contribution in [2.75, 3.05) is 0 Å². The highest BCUT2D eigenvalue weighted by Gasteiger charge is 2.32. The smallest absolute Gasteiger partial charge is 0.234 e. The molecular weight excluding hydrogens is 276 g/mol. The normalized spacial score (nSPS) is 20.2. The first kappa shape index (κ1) is 14.5. The number of amides is 1. The lowest BCUT2D eigenvalue weighted by Crippen LogP contribution is -2.50. The molecule has 2 unspecified atom stereocenters. The van der Waals surface area contributed by atoms with Crippen LogP contribution in [0.2, 0.25) is 0 Å². The summed E-state index contributed by atoms with van der Waals surface area (Å²) >= 11 is 0. The van der Waals surface area contributed by atoms with E-state index in [-0.39, 0.29) is 5.78 Å². The minimum atomic E-state index is -0.520. The molecule has 0 spiro atoms. The Labute approximate surface area is 129 Å². The molecule has 1 amide bonds. The largest absolute Gasteiger partial charge is 0.368 e. The van der Waals surface area contributed by atoms with Gasteiger partial charge in [-0.15, -0.1) is 0 Å². The van der Waals surface area contributed by atoms with Gasteiger partial charge in [0.05, 0.1) is 12.1 Å². The molecule has 1 radical (unpaired) electrons. The van der Waals surface area contributed by atoms with Crippen LogP contribution in [0, 0.1) is 6.07 Å². The molecule has 1 aliphatic rings. The summed E-state index contributed by atoms with van der Waals surface area (Å²) in [6.07, 6.45) is 0.819. The summed E-state index contributed by atoms with van der Waals surface area (Å²) in [6, 6.07) is 17.1. The van der Waals surface area contributed by atoms with Gasteiger partial charge in [0.15, 0.2) is 5.78 Å². The van der Waals surface area contributed by atoms with Gasteiger partial charge in [0.25, 0.3) is 0 Å². The number of carbonyl (C=O) groups excluding carboxylic acids is 2. The van der Waals surface area contributed by atoms with Crippen molar-refractivity contribution in [1.29, 1.82) is 0 Å². The lowest BCUT2D eigenvalue weighted by Gasteiger charge is -2.30. The van der Waals surface area contributed by atoms with Crippen LogP contribution in [0.4, 0.5) is 0 Å². The van der Waals surface area contributed by atoms with Crippen molar-refractivity contribution < 1.29 is 9.59 Å². The molecule has 22 heavy (non-hydrogen) atoms. The van der Waals surface area contributed by atoms with Crippen molar-refractivity contribution in [2.45, 2.75) is 24.9 Å². The van der Waals surface area contributed by atoms with Gasteiger partial charge in [-0.2, -0.15) is 0 Å². The van der Waals surface area contributed by atoms with E-state index in [9.17, 15) is 9.59 Å². The van der Waals surface area contributed by atoms with E-state index in [2.05, 4.69) is 11.4 Å². The number of fused-ring (bicyclic) bond motifs is 1. The fourth-order valence-electron chi connectivity index (χ4n) is 2.85.